The molecule has 0 aliphatic heterocycles. The fourth-order valence-electron chi connectivity index (χ4n) is 0.770. The van der Waals surface area contributed by atoms with E-state index in [1.165, 1.54) is 7.11 Å². The first-order valence-corrected chi connectivity index (χ1v) is 5.09. The lowest BCUT2D eigenvalue weighted by Crippen LogP contribution is -2.05. The smallest absolute Gasteiger partial charge is 0.311 e. The summed E-state index contributed by atoms with van der Waals surface area (Å²) in [6.07, 6.45) is 1.84. The van der Waals surface area contributed by atoms with E-state index in [4.69, 9.17) is 0 Å². The molecule has 5 heteroatoms. The van der Waals surface area contributed by atoms with E-state index in [1.54, 1.807) is 12.3 Å². The zero-order chi connectivity index (χ0) is 9.84. The molecule has 1 rings (SSSR count). The third-order valence-corrected chi connectivity index (χ3v) is 3.24. The van der Waals surface area contributed by atoms with Crippen LogP contribution in [0.5, 0.6) is 0 Å². The van der Waals surface area contributed by atoms with Gasteiger partial charge in [0, 0.05) is 10.7 Å². The Morgan fingerprint density at radius 2 is 2.23 bits per heavy atom. The quantitative estimate of drug-likeness (QED) is 0.787. The minimum Gasteiger partial charge on any atom is -0.469 e. The van der Waals surface area contributed by atoms with Gasteiger partial charge in [0.2, 0.25) is 0 Å². The van der Waals surface area contributed by atoms with Gasteiger partial charge in [-0.05, 0) is 37.9 Å². The molecule has 0 radical (unpaired) electrons. The predicted octanol–water partition coefficient (Wildman–Crippen LogP) is 2.32. The number of ether oxygens (including phenoxy) is 1. The molecule has 0 saturated heterocycles. The van der Waals surface area contributed by atoms with Crippen LogP contribution in [0.3, 0.4) is 0 Å². The Labute approximate surface area is 92.8 Å². The third kappa shape index (κ3) is 3.08. The third-order valence-electron chi connectivity index (χ3n) is 1.42. The summed E-state index contributed by atoms with van der Waals surface area (Å²) in [5.41, 5.74) is 0.682. The minimum absolute atomic E-state index is 0.197. The van der Waals surface area contributed by atoms with Crippen molar-refractivity contribution < 1.29 is 9.53 Å². The number of halogens is 2. The number of rotatable bonds is 2. The highest BCUT2D eigenvalue weighted by molar-refractivity contribution is 9.13. The van der Waals surface area contributed by atoms with Crippen LogP contribution in [0.2, 0.25) is 0 Å². The number of hydrogen-bond donors (Lipinski definition) is 0. The second-order valence-corrected chi connectivity index (χ2v) is 4.05. The van der Waals surface area contributed by atoms with E-state index in [2.05, 4.69) is 41.6 Å². The molecule has 0 bridgehead atoms. The highest BCUT2D eigenvalue weighted by Gasteiger charge is 2.05. The molecule has 0 unspecified atom stereocenters. The zero-order valence-electron chi connectivity index (χ0n) is 6.88. The monoisotopic (exact) mass is 307 g/mol. The van der Waals surface area contributed by atoms with Gasteiger partial charge in [0.05, 0.1) is 23.7 Å². The summed E-state index contributed by atoms with van der Waals surface area (Å²) in [5, 5.41) is 0. The number of hydrogen-bond acceptors (Lipinski definition) is 3. The largest absolute Gasteiger partial charge is 0.469 e. The lowest BCUT2D eigenvalue weighted by atomic mass is 10.3. The fourth-order valence-corrected chi connectivity index (χ4v) is 1.35. The Morgan fingerprint density at radius 1 is 1.54 bits per heavy atom. The average Bonchev–Trinajstić information content (AvgIpc) is 2.11. The van der Waals surface area contributed by atoms with Crippen molar-refractivity contribution in [3.05, 3.63) is 26.9 Å². The van der Waals surface area contributed by atoms with E-state index in [0.29, 0.717) is 5.69 Å². The molecule has 0 N–H and O–H groups in total. The summed E-state index contributed by atoms with van der Waals surface area (Å²) in [5.74, 6) is -0.290. The number of aromatic nitrogens is 1. The van der Waals surface area contributed by atoms with Crippen molar-refractivity contribution in [2.45, 2.75) is 6.42 Å². The van der Waals surface area contributed by atoms with E-state index in [9.17, 15) is 4.79 Å². The lowest BCUT2D eigenvalue weighted by Gasteiger charge is -2.00. The number of pyridine rings is 1. The standard InChI is InChI=1S/C8H7Br2NO2/c1-13-8(12)3-5-2-6(9)7(10)4-11-5/h2,4H,3H2,1H3. The number of nitrogens with zero attached hydrogens (tertiary/aromatic N) is 1. The average molecular weight is 309 g/mol. The Morgan fingerprint density at radius 3 is 2.77 bits per heavy atom. The van der Waals surface area contributed by atoms with Gasteiger partial charge in [0.1, 0.15) is 0 Å². The van der Waals surface area contributed by atoms with Crippen molar-refractivity contribution in [1.29, 1.82) is 0 Å². The fraction of sp³-hybridized carbons (Fsp3) is 0.250. The Hall–Kier alpha value is -0.420. The maximum atomic E-state index is 10.9. The first-order chi connectivity index (χ1) is 6.13. The molecule has 1 heterocycles. The molecule has 1 aromatic rings. The van der Waals surface area contributed by atoms with Gasteiger partial charge >= 0.3 is 5.97 Å². The molecule has 0 amide bonds. The number of methoxy groups -OCH3 is 1. The van der Waals surface area contributed by atoms with Crippen molar-refractivity contribution in [3.63, 3.8) is 0 Å². The van der Waals surface area contributed by atoms with Crippen molar-refractivity contribution >= 4 is 37.8 Å². The summed E-state index contributed by atoms with van der Waals surface area (Å²) in [6.45, 7) is 0. The van der Waals surface area contributed by atoms with E-state index in [1.807, 2.05) is 0 Å². The summed E-state index contributed by atoms with van der Waals surface area (Å²) in [7, 11) is 1.36. The summed E-state index contributed by atoms with van der Waals surface area (Å²) < 4.78 is 6.26. The molecule has 0 aromatic carbocycles. The molecule has 3 nitrogen and oxygen atoms in total. The molecule has 0 atom stereocenters. The molecular formula is C8H7Br2NO2. The van der Waals surface area contributed by atoms with E-state index in [0.717, 1.165) is 8.95 Å². The molecule has 0 aliphatic rings. The molecule has 0 spiro atoms. The van der Waals surface area contributed by atoms with Crippen molar-refractivity contribution in [1.82, 2.24) is 4.98 Å². The second-order valence-electron chi connectivity index (χ2n) is 2.34. The topological polar surface area (TPSA) is 39.2 Å². The van der Waals surface area contributed by atoms with Gasteiger partial charge in [0.15, 0.2) is 0 Å². The van der Waals surface area contributed by atoms with E-state index < -0.39 is 0 Å². The van der Waals surface area contributed by atoms with Gasteiger partial charge in [-0.15, -0.1) is 0 Å². The Balaban J connectivity index is 2.79. The predicted molar refractivity (Wildman–Crippen MR) is 55.4 cm³/mol. The van der Waals surface area contributed by atoms with Gasteiger partial charge in [-0.1, -0.05) is 0 Å². The first-order valence-electron chi connectivity index (χ1n) is 3.50. The molecule has 0 fully saturated rings. The summed E-state index contributed by atoms with van der Waals surface area (Å²) in [6, 6.07) is 1.78. The van der Waals surface area contributed by atoms with Gasteiger partial charge in [0.25, 0.3) is 0 Å². The van der Waals surface area contributed by atoms with Crippen LogP contribution < -0.4 is 0 Å². The second kappa shape index (κ2) is 4.72. The molecule has 0 aliphatic carbocycles. The van der Waals surface area contributed by atoms with Gasteiger partial charge in [-0.3, -0.25) is 9.78 Å². The van der Waals surface area contributed by atoms with Crippen molar-refractivity contribution in [3.8, 4) is 0 Å². The molecule has 70 valence electrons. The summed E-state index contributed by atoms with van der Waals surface area (Å²) >= 11 is 6.61. The van der Waals surface area contributed by atoms with Crippen LogP contribution in [0.4, 0.5) is 0 Å². The Kier molecular flexibility index (Phi) is 3.87. The van der Waals surface area contributed by atoms with E-state index >= 15 is 0 Å². The highest BCUT2D eigenvalue weighted by Crippen LogP contribution is 2.22. The molecule has 13 heavy (non-hydrogen) atoms. The number of carbonyl (C=O) groups excluding carboxylic acids is 1. The summed E-state index contributed by atoms with van der Waals surface area (Å²) in [4.78, 5) is 14.9. The van der Waals surface area contributed by atoms with Crippen LogP contribution in [0.1, 0.15) is 5.69 Å². The van der Waals surface area contributed by atoms with Crippen LogP contribution >= 0.6 is 31.9 Å². The zero-order valence-corrected chi connectivity index (χ0v) is 10.1. The molecule has 1 aromatic heterocycles. The van der Waals surface area contributed by atoms with Gasteiger partial charge in [-0.25, -0.2) is 0 Å². The van der Waals surface area contributed by atoms with Gasteiger partial charge in [-0.2, -0.15) is 0 Å². The lowest BCUT2D eigenvalue weighted by molar-refractivity contribution is -0.139. The van der Waals surface area contributed by atoms with Crippen LogP contribution in [0.25, 0.3) is 0 Å². The van der Waals surface area contributed by atoms with Crippen LogP contribution in [-0.2, 0) is 16.0 Å². The van der Waals surface area contributed by atoms with E-state index in [-0.39, 0.29) is 12.4 Å². The Bertz CT molecular complexity index is 328. The van der Waals surface area contributed by atoms with Crippen molar-refractivity contribution in [2.24, 2.45) is 0 Å². The minimum atomic E-state index is -0.290. The maximum Gasteiger partial charge on any atom is 0.311 e. The number of carbonyl (C=O) groups is 1. The van der Waals surface area contributed by atoms with Crippen LogP contribution in [-0.4, -0.2) is 18.1 Å². The van der Waals surface area contributed by atoms with Gasteiger partial charge < -0.3 is 4.74 Å². The first kappa shape index (κ1) is 10.7. The number of esters is 1. The normalized spacial score (nSPS) is 9.77. The SMILES string of the molecule is COC(=O)Cc1cc(Br)c(Br)cn1. The highest BCUT2D eigenvalue weighted by atomic mass is 79.9. The molecular weight excluding hydrogens is 302 g/mol. The maximum absolute atomic E-state index is 10.9. The van der Waals surface area contributed by atoms with Crippen LogP contribution in [0, 0.1) is 0 Å². The van der Waals surface area contributed by atoms with Crippen molar-refractivity contribution in [2.75, 3.05) is 7.11 Å². The molecule has 0 saturated carbocycles. The van der Waals surface area contributed by atoms with Crippen LogP contribution in [0.15, 0.2) is 21.2 Å².